The van der Waals surface area contributed by atoms with Gasteiger partial charge in [-0.25, -0.2) is 4.39 Å². The Morgan fingerprint density at radius 2 is 1.93 bits per heavy atom. The summed E-state index contributed by atoms with van der Waals surface area (Å²) in [4.78, 5) is 14.5. The van der Waals surface area contributed by atoms with Gasteiger partial charge >= 0.3 is 0 Å². The summed E-state index contributed by atoms with van der Waals surface area (Å²) in [6.45, 7) is 4.17. The van der Waals surface area contributed by atoms with Crippen molar-refractivity contribution < 1.29 is 18.7 Å². The first-order valence-electron chi connectivity index (χ1n) is 9.55. The summed E-state index contributed by atoms with van der Waals surface area (Å²) in [5.74, 6) is 1.09. The molecule has 146 valence electrons. The van der Waals surface area contributed by atoms with E-state index >= 15 is 0 Å². The highest BCUT2D eigenvalue weighted by molar-refractivity contribution is 5.94. The van der Waals surface area contributed by atoms with Crippen LogP contribution in [0, 0.1) is 5.82 Å². The molecule has 0 saturated carbocycles. The van der Waals surface area contributed by atoms with Gasteiger partial charge in [0.05, 0.1) is 0 Å². The second kappa shape index (κ2) is 8.44. The number of hydrogen-bond acceptors (Lipinski definition) is 4. The summed E-state index contributed by atoms with van der Waals surface area (Å²) < 4.78 is 24.5. The highest BCUT2D eigenvalue weighted by Crippen LogP contribution is 2.38. The Morgan fingerprint density at radius 3 is 2.79 bits per heavy atom. The van der Waals surface area contributed by atoms with Gasteiger partial charge in [-0.15, -0.1) is 0 Å². The minimum Gasteiger partial charge on any atom is -0.486 e. The molecule has 1 N–H and O–H groups in total. The predicted octanol–water partition coefficient (Wildman–Crippen LogP) is 3.12. The minimum atomic E-state index is -0.346. The number of nitrogens with zero attached hydrogens (tertiary/aromatic N) is 1. The van der Waals surface area contributed by atoms with Crippen molar-refractivity contribution in [3.8, 4) is 11.5 Å². The molecule has 0 unspecified atom stereocenters. The minimum absolute atomic E-state index is 0.185. The van der Waals surface area contributed by atoms with Crippen LogP contribution in [0.2, 0.25) is 0 Å². The molecule has 0 radical (unpaired) electrons. The lowest BCUT2D eigenvalue weighted by Crippen LogP contribution is -2.37. The van der Waals surface area contributed by atoms with Crippen LogP contribution in [0.3, 0.4) is 0 Å². The largest absolute Gasteiger partial charge is 0.486 e. The molecule has 0 spiro atoms. The molecule has 2 aliphatic rings. The fraction of sp³-hybridized carbons (Fsp3) is 0.318. The molecule has 5 nitrogen and oxygen atoms in total. The van der Waals surface area contributed by atoms with Crippen molar-refractivity contribution >= 4 is 11.5 Å². The SMILES string of the molecule is O=C(NCCN1CCC=C(c2cccc3c2OCCO3)C1)c1ccc(F)cc1. The molecule has 0 aromatic heterocycles. The Bertz CT molecular complexity index is 880. The predicted molar refractivity (Wildman–Crippen MR) is 105 cm³/mol. The van der Waals surface area contributed by atoms with E-state index in [-0.39, 0.29) is 11.7 Å². The van der Waals surface area contributed by atoms with Crippen LogP contribution in [0.1, 0.15) is 22.3 Å². The molecule has 4 rings (SSSR count). The first-order chi connectivity index (χ1) is 13.7. The highest BCUT2D eigenvalue weighted by Gasteiger charge is 2.21. The van der Waals surface area contributed by atoms with Crippen LogP contribution in [0.5, 0.6) is 11.5 Å². The normalized spacial score (nSPS) is 16.4. The number of rotatable bonds is 5. The number of fused-ring (bicyclic) bond motifs is 1. The van der Waals surface area contributed by atoms with Crippen molar-refractivity contribution in [2.24, 2.45) is 0 Å². The molecular weight excluding hydrogens is 359 g/mol. The monoisotopic (exact) mass is 382 g/mol. The number of nitrogens with one attached hydrogen (secondary N) is 1. The second-order valence-electron chi connectivity index (χ2n) is 6.89. The molecule has 0 saturated heterocycles. The first kappa shape index (κ1) is 18.5. The molecule has 6 heteroatoms. The lowest BCUT2D eigenvalue weighted by atomic mass is 9.99. The van der Waals surface area contributed by atoms with Crippen LogP contribution in [0.4, 0.5) is 4.39 Å². The van der Waals surface area contributed by atoms with Crippen LogP contribution in [0.15, 0.2) is 48.5 Å². The number of amides is 1. The van der Waals surface area contributed by atoms with Crippen LogP contribution >= 0.6 is 0 Å². The zero-order chi connectivity index (χ0) is 19.3. The maximum absolute atomic E-state index is 13.0. The molecule has 0 bridgehead atoms. The Balaban J connectivity index is 1.34. The molecule has 2 aromatic carbocycles. The maximum Gasteiger partial charge on any atom is 0.251 e. The quantitative estimate of drug-likeness (QED) is 0.863. The summed E-state index contributed by atoms with van der Waals surface area (Å²) in [7, 11) is 0. The number of benzene rings is 2. The second-order valence-corrected chi connectivity index (χ2v) is 6.89. The van der Waals surface area contributed by atoms with E-state index in [2.05, 4.69) is 22.4 Å². The molecule has 0 atom stereocenters. The molecule has 0 fully saturated rings. The highest BCUT2D eigenvalue weighted by atomic mass is 19.1. The summed E-state index contributed by atoms with van der Waals surface area (Å²) in [5, 5.41) is 2.90. The van der Waals surface area contributed by atoms with Gasteiger partial charge in [0, 0.05) is 37.3 Å². The smallest absolute Gasteiger partial charge is 0.251 e. The van der Waals surface area contributed by atoms with Crippen LogP contribution in [-0.4, -0.2) is 50.2 Å². The third kappa shape index (κ3) is 4.17. The van der Waals surface area contributed by atoms with Crippen molar-refractivity contribution in [2.45, 2.75) is 6.42 Å². The molecule has 0 aliphatic carbocycles. The molecule has 2 aliphatic heterocycles. The summed E-state index contributed by atoms with van der Waals surface area (Å²) in [6.07, 6.45) is 3.20. The Hall–Kier alpha value is -2.86. The van der Waals surface area contributed by atoms with Gasteiger partial charge in [0.2, 0.25) is 0 Å². The summed E-state index contributed by atoms with van der Waals surface area (Å²) in [6, 6.07) is 11.6. The van der Waals surface area contributed by atoms with E-state index in [0.717, 1.165) is 43.1 Å². The van der Waals surface area contributed by atoms with Gasteiger partial charge in [0.1, 0.15) is 19.0 Å². The maximum atomic E-state index is 13.0. The van der Waals surface area contributed by atoms with Crippen molar-refractivity contribution in [3.63, 3.8) is 0 Å². The standard InChI is InChI=1S/C22H23FN2O3/c23-18-8-6-16(7-9-18)22(26)24-10-12-25-11-2-3-17(15-25)19-4-1-5-20-21(19)28-14-13-27-20/h1,3-9H,2,10-15H2,(H,24,26). The Labute approximate surface area is 163 Å². The number of ether oxygens (including phenoxy) is 2. The average Bonchev–Trinajstić information content (AvgIpc) is 2.74. The Kier molecular flexibility index (Phi) is 5.58. The van der Waals surface area contributed by atoms with Gasteiger partial charge in [-0.3, -0.25) is 9.69 Å². The first-order valence-corrected chi connectivity index (χ1v) is 9.55. The summed E-state index contributed by atoms with van der Waals surface area (Å²) in [5.41, 5.74) is 2.77. The van der Waals surface area contributed by atoms with Gasteiger partial charge in [-0.2, -0.15) is 0 Å². The summed E-state index contributed by atoms with van der Waals surface area (Å²) >= 11 is 0. The number of hydrogen-bond donors (Lipinski definition) is 1. The van der Waals surface area contributed by atoms with Crippen LogP contribution < -0.4 is 14.8 Å². The van der Waals surface area contributed by atoms with Crippen LogP contribution in [-0.2, 0) is 0 Å². The number of para-hydroxylation sites is 1. The third-order valence-electron chi connectivity index (χ3n) is 4.96. The van der Waals surface area contributed by atoms with Gasteiger partial charge in [-0.05, 0) is 42.3 Å². The average molecular weight is 382 g/mol. The fourth-order valence-electron chi connectivity index (χ4n) is 3.55. The number of carbonyl (C=O) groups is 1. The van der Waals surface area contributed by atoms with E-state index in [1.807, 2.05) is 12.1 Å². The molecule has 28 heavy (non-hydrogen) atoms. The Morgan fingerprint density at radius 1 is 1.11 bits per heavy atom. The van der Waals surface area contributed by atoms with Gasteiger partial charge in [0.25, 0.3) is 5.91 Å². The molecule has 2 heterocycles. The van der Waals surface area contributed by atoms with E-state index in [4.69, 9.17) is 9.47 Å². The molecule has 2 aromatic rings. The zero-order valence-corrected chi connectivity index (χ0v) is 15.6. The lowest BCUT2D eigenvalue weighted by molar-refractivity contribution is 0.0949. The van der Waals surface area contributed by atoms with Crippen molar-refractivity contribution in [1.82, 2.24) is 10.2 Å². The van der Waals surface area contributed by atoms with Crippen molar-refractivity contribution in [3.05, 3.63) is 65.5 Å². The zero-order valence-electron chi connectivity index (χ0n) is 15.6. The van der Waals surface area contributed by atoms with Gasteiger partial charge < -0.3 is 14.8 Å². The third-order valence-corrected chi connectivity index (χ3v) is 4.96. The number of halogens is 1. The van der Waals surface area contributed by atoms with Crippen molar-refractivity contribution in [1.29, 1.82) is 0 Å². The van der Waals surface area contributed by atoms with E-state index in [1.54, 1.807) is 0 Å². The van der Waals surface area contributed by atoms with E-state index < -0.39 is 0 Å². The topological polar surface area (TPSA) is 50.8 Å². The van der Waals surface area contributed by atoms with Gasteiger partial charge in [-0.1, -0.05) is 18.2 Å². The van der Waals surface area contributed by atoms with E-state index in [9.17, 15) is 9.18 Å². The van der Waals surface area contributed by atoms with Crippen LogP contribution in [0.25, 0.3) is 5.57 Å². The van der Waals surface area contributed by atoms with Crippen molar-refractivity contribution in [2.75, 3.05) is 39.4 Å². The van der Waals surface area contributed by atoms with E-state index in [0.29, 0.717) is 25.3 Å². The fourth-order valence-corrected chi connectivity index (χ4v) is 3.55. The molecule has 1 amide bonds. The molecular formula is C22H23FN2O3. The van der Waals surface area contributed by atoms with E-state index in [1.165, 1.54) is 29.8 Å². The lowest BCUT2D eigenvalue weighted by Gasteiger charge is -2.29. The number of carbonyl (C=O) groups excluding carboxylic acids is 1. The van der Waals surface area contributed by atoms with Gasteiger partial charge in [0.15, 0.2) is 11.5 Å².